The summed E-state index contributed by atoms with van der Waals surface area (Å²) < 4.78 is 4.70. The molecule has 0 bridgehead atoms. The van der Waals surface area contributed by atoms with Gasteiger partial charge in [0.25, 0.3) is 5.69 Å². The first-order valence-electron chi connectivity index (χ1n) is 6.75. The van der Waals surface area contributed by atoms with E-state index < -0.39 is 10.9 Å². The molecule has 2 rings (SSSR count). The van der Waals surface area contributed by atoms with E-state index in [1.807, 2.05) is 0 Å². The first-order valence-corrected chi connectivity index (χ1v) is 6.75. The Morgan fingerprint density at radius 3 is 2.65 bits per heavy atom. The van der Waals surface area contributed by atoms with Gasteiger partial charge in [-0.3, -0.25) is 10.1 Å². The quantitative estimate of drug-likeness (QED) is 0.520. The number of anilines is 1. The summed E-state index contributed by atoms with van der Waals surface area (Å²) in [4.78, 5) is 22.0. The maximum atomic E-state index is 11.8. The molecular weight excluding hydrogens is 260 g/mol. The molecule has 0 atom stereocenters. The third-order valence-corrected chi connectivity index (χ3v) is 3.58. The lowest BCUT2D eigenvalue weighted by Gasteiger charge is -2.24. The molecule has 6 heteroatoms. The number of nitro groups is 1. The molecule has 1 aromatic rings. The van der Waals surface area contributed by atoms with Crippen LogP contribution in [0.4, 0.5) is 11.4 Å². The van der Waals surface area contributed by atoms with Crippen LogP contribution in [0.15, 0.2) is 18.2 Å². The molecule has 0 spiro atoms. The summed E-state index contributed by atoms with van der Waals surface area (Å²) in [5.41, 5.74) is 0.709. The third-order valence-electron chi connectivity index (χ3n) is 3.58. The van der Waals surface area contributed by atoms with Crippen LogP contribution >= 0.6 is 0 Å². The van der Waals surface area contributed by atoms with Gasteiger partial charge < -0.3 is 10.1 Å². The Hall–Kier alpha value is -2.11. The molecule has 1 aliphatic rings. The summed E-state index contributed by atoms with van der Waals surface area (Å²) in [5, 5.41) is 14.1. The number of nitrogens with one attached hydrogen (secondary N) is 1. The molecule has 6 nitrogen and oxygen atoms in total. The lowest BCUT2D eigenvalue weighted by Crippen LogP contribution is -2.23. The molecule has 0 amide bonds. The first kappa shape index (κ1) is 14.3. The summed E-state index contributed by atoms with van der Waals surface area (Å²) in [7, 11) is 1.27. The predicted molar refractivity (Wildman–Crippen MR) is 74.9 cm³/mol. The number of benzene rings is 1. The Kier molecular flexibility index (Phi) is 4.55. The number of methoxy groups -OCH3 is 1. The van der Waals surface area contributed by atoms with Crippen molar-refractivity contribution in [2.45, 2.75) is 38.1 Å². The van der Waals surface area contributed by atoms with Crippen LogP contribution in [0.2, 0.25) is 0 Å². The minimum absolute atomic E-state index is 0.111. The Morgan fingerprint density at radius 2 is 2.05 bits per heavy atom. The smallest absolute Gasteiger partial charge is 0.340 e. The van der Waals surface area contributed by atoms with E-state index in [0.717, 1.165) is 25.7 Å². The maximum absolute atomic E-state index is 11.8. The highest BCUT2D eigenvalue weighted by molar-refractivity contribution is 5.96. The minimum Gasteiger partial charge on any atom is -0.465 e. The van der Waals surface area contributed by atoms with Gasteiger partial charge in [0, 0.05) is 23.9 Å². The van der Waals surface area contributed by atoms with E-state index in [4.69, 9.17) is 4.74 Å². The molecule has 0 unspecified atom stereocenters. The summed E-state index contributed by atoms with van der Waals surface area (Å²) in [6.07, 6.45) is 5.67. The lowest BCUT2D eigenvalue weighted by atomic mass is 9.95. The second-order valence-electron chi connectivity index (χ2n) is 4.96. The number of nitro benzene ring substituents is 1. The molecule has 20 heavy (non-hydrogen) atoms. The van der Waals surface area contributed by atoms with Crippen LogP contribution in [-0.2, 0) is 4.74 Å². The summed E-state index contributed by atoms with van der Waals surface area (Å²) in [6.45, 7) is 0. The molecule has 1 saturated carbocycles. The van der Waals surface area contributed by atoms with Crippen LogP contribution in [0.5, 0.6) is 0 Å². The van der Waals surface area contributed by atoms with E-state index in [0.29, 0.717) is 11.7 Å². The SMILES string of the molecule is COC(=O)c1cc([N+](=O)[O-])ccc1NC1CCCCC1. The Morgan fingerprint density at radius 1 is 1.35 bits per heavy atom. The van der Waals surface area contributed by atoms with E-state index in [1.165, 1.54) is 25.7 Å². The third kappa shape index (κ3) is 3.26. The van der Waals surface area contributed by atoms with Gasteiger partial charge in [-0.1, -0.05) is 19.3 Å². The van der Waals surface area contributed by atoms with Crippen molar-refractivity contribution in [3.8, 4) is 0 Å². The molecule has 0 saturated heterocycles. The monoisotopic (exact) mass is 278 g/mol. The molecule has 0 radical (unpaired) electrons. The van der Waals surface area contributed by atoms with Crippen molar-refractivity contribution in [1.29, 1.82) is 0 Å². The second-order valence-corrected chi connectivity index (χ2v) is 4.96. The van der Waals surface area contributed by atoms with Gasteiger partial charge in [-0.05, 0) is 18.9 Å². The molecular formula is C14H18N2O4. The second kappa shape index (κ2) is 6.36. The fraction of sp³-hybridized carbons (Fsp3) is 0.500. The Balaban J connectivity index is 2.25. The zero-order valence-electron chi connectivity index (χ0n) is 11.4. The van der Waals surface area contributed by atoms with E-state index in [1.54, 1.807) is 6.07 Å². The largest absolute Gasteiger partial charge is 0.465 e. The van der Waals surface area contributed by atoms with Gasteiger partial charge in [0.15, 0.2) is 0 Å². The number of carbonyl (C=O) groups is 1. The zero-order valence-corrected chi connectivity index (χ0v) is 11.4. The maximum Gasteiger partial charge on any atom is 0.340 e. The molecule has 0 heterocycles. The standard InChI is InChI=1S/C14H18N2O4/c1-20-14(17)12-9-11(16(18)19)7-8-13(12)15-10-5-3-2-4-6-10/h7-10,15H,2-6H2,1H3. The average molecular weight is 278 g/mol. The number of nitrogens with zero attached hydrogens (tertiary/aromatic N) is 1. The molecule has 1 fully saturated rings. The number of rotatable bonds is 4. The number of non-ortho nitro benzene ring substituents is 1. The molecule has 1 N–H and O–H groups in total. The topological polar surface area (TPSA) is 81.5 Å². The number of carbonyl (C=O) groups excluding carboxylic acids is 1. The van der Waals surface area contributed by atoms with E-state index in [-0.39, 0.29) is 11.3 Å². The van der Waals surface area contributed by atoms with Gasteiger partial charge in [0.1, 0.15) is 0 Å². The van der Waals surface area contributed by atoms with Gasteiger partial charge in [0.05, 0.1) is 17.6 Å². The lowest BCUT2D eigenvalue weighted by molar-refractivity contribution is -0.384. The van der Waals surface area contributed by atoms with Crippen molar-refractivity contribution in [3.05, 3.63) is 33.9 Å². The van der Waals surface area contributed by atoms with Crippen molar-refractivity contribution in [1.82, 2.24) is 0 Å². The molecule has 0 aromatic heterocycles. The van der Waals surface area contributed by atoms with E-state index in [2.05, 4.69) is 5.32 Å². The summed E-state index contributed by atoms with van der Waals surface area (Å²) >= 11 is 0. The number of esters is 1. The predicted octanol–water partition coefficient (Wildman–Crippen LogP) is 3.13. The van der Waals surface area contributed by atoms with Crippen molar-refractivity contribution in [2.75, 3.05) is 12.4 Å². The summed E-state index contributed by atoms with van der Waals surface area (Å²) in [6, 6.07) is 4.56. The highest BCUT2D eigenvalue weighted by atomic mass is 16.6. The fourth-order valence-corrected chi connectivity index (χ4v) is 2.52. The van der Waals surface area contributed by atoms with Crippen molar-refractivity contribution in [2.24, 2.45) is 0 Å². The van der Waals surface area contributed by atoms with Gasteiger partial charge in [-0.25, -0.2) is 4.79 Å². The van der Waals surface area contributed by atoms with Gasteiger partial charge >= 0.3 is 5.97 Å². The van der Waals surface area contributed by atoms with Crippen molar-refractivity contribution in [3.63, 3.8) is 0 Å². The van der Waals surface area contributed by atoms with Crippen LogP contribution in [0.25, 0.3) is 0 Å². The highest BCUT2D eigenvalue weighted by Gasteiger charge is 2.20. The van der Waals surface area contributed by atoms with Crippen LogP contribution in [0, 0.1) is 10.1 Å². The number of ether oxygens (including phenoxy) is 1. The Bertz CT molecular complexity index is 510. The van der Waals surface area contributed by atoms with Crippen LogP contribution in [-0.4, -0.2) is 24.0 Å². The van der Waals surface area contributed by atoms with E-state index >= 15 is 0 Å². The van der Waals surface area contributed by atoms with Crippen LogP contribution in [0.3, 0.4) is 0 Å². The first-order chi connectivity index (χ1) is 9.61. The highest BCUT2D eigenvalue weighted by Crippen LogP contribution is 2.27. The minimum atomic E-state index is -0.563. The van der Waals surface area contributed by atoms with E-state index in [9.17, 15) is 14.9 Å². The summed E-state index contributed by atoms with van der Waals surface area (Å²) in [5.74, 6) is -0.563. The zero-order chi connectivity index (χ0) is 14.5. The van der Waals surface area contributed by atoms with Gasteiger partial charge in [-0.2, -0.15) is 0 Å². The van der Waals surface area contributed by atoms with Crippen molar-refractivity contribution < 1.29 is 14.5 Å². The Labute approximate surface area is 117 Å². The normalized spacial score (nSPS) is 15.7. The van der Waals surface area contributed by atoms with Gasteiger partial charge in [0.2, 0.25) is 0 Å². The van der Waals surface area contributed by atoms with Crippen molar-refractivity contribution >= 4 is 17.3 Å². The number of hydrogen-bond donors (Lipinski definition) is 1. The number of hydrogen-bond acceptors (Lipinski definition) is 5. The van der Waals surface area contributed by atoms with Crippen LogP contribution in [0.1, 0.15) is 42.5 Å². The van der Waals surface area contributed by atoms with Gasteiger partial charge in [-0.15, -0.1) is 0 Å². The molecule has 108 valence electrons. The average Bonchev–Trinajstić information content (AvgIpc) is 2.47. The molecule has 1 aliphatic carbocycles. The molecule has 0 aliphatic heterocycles. The fourth-order valence-electron chi connectivity index (χ4n) is 2.52. The molecule has 1 aromatic carbocycles. The van der Waals surface area contributed by atoms with Crippen LogP contribution < -0.4 is 5.32 Å².